The molecule has 2 saturated heterocycles. The van der Waals surface area contributed by atoms with Crippen LogP contribution in [0.5, 0.6) is 0 Å². The lowest BCUT2D eigenvalue weighted by atomic mass is 9.41. The third-order valence-electron chi connectivity index (χ3n) is 15.4. The number of aliphatic hydroxyl groups is 9. The Kier molecular flexibility index (Phi) is 14.4. The second-order valence-corrected chi connectivity index (χ2v) is 20.1. The van der Waals surface area contributed by atoms with Gasteiger partial charge < -0.3 is 69.6 Å². The highest BCUT2D eigenvalue weighted by molar-refractivity contribution is 7.80. The molecule has 0 aromatic carbocycles. The zero-order valence-electron chi connectivity index (χ0n) is 34.7. The first-order valence-corrected chi connectivity index (χ1v) is 22.4. The Balaban J connectivity index is 1.16. The van der Waals surface area contributed by atoms with Gasteiger partial charge in [-0.15, -0.1) is 0 Å². The first-order valence-electron chi connectivity index (χ1n) is 21.0. The predicted molar refractivity (Wildman–Crippen MR) is 205 cm³/mol. The van der Waals surface area contributed by atoms with Gasteiger partial charge in [0.05, 0.1) is 55.9 Å². The van der Waals surface area contributed by atoms with Gasteiger partial charge in [0.25, 0.3) is 0 Å². The summed E-state index contributed by atoms with van der Waals surface area (Å²) < 4.78 is 67.7. The van der Waals surface area contributed by atoms with Crippen LogP contribution in [-0.4, -0.2) is 171 Å². The fourth-order valence-corrected chi connectivity index (χ4v) is 13.0. The summed E-state index contributed by atoms with van der Waals surface area (Å²) in [7, 11) is -3.73. The van der Waals surface area contributed by atoms with Gasteiger partial charge in [0.1, 0.15) is 36.6 Å². The quantitative estimate of drug-likeness (QED) is 0.0806. The first-order chi connectivity index (χ1) is 27.5. The zero-order chi connectivity index (χ0) is 43.6. The maximum Gasteiger partial charge on any atom is 0.397 e. The minimum absolute atomic E-state index is 0.0549. The summed E-state index contributed by atoms with van der Waals surface area (Å²) in [5.74, 6) is -3.17. The van der Waals surface area contributed by atoms with Gasteiger partial charge in [0.15, 0.2) is 12.6 Å². The smallest absolute Gasteiger partial charge is 0.390 e. The van der Waals surface area contributed by atoms with Gasteiger partial charge in [0, 0.05) is 25.4 Å². The minimum Gasteiger partial charge on any atom is -0.390 e. The van der Waals surface area contributed by atoms with Gasteiger partial charge in [-0.05, 0) is 72.5 Å². The second-order valence-electron chi connectivity index (χ2n) is 19.1. The van der Waals surface area contributed by atoms with Gasteiger partial charge in [-0.25, -0.2) is 4.18 Å². The Hall–Kier alpha value is -0.950. The molecular weight excluding hydrogens is 800 g/mol. The van der Waals surface area contributed by atoms with E-state index < -0.39 is 130 Å². The Morgan fingerprint density at radius 2 is 1.39 bits per heavy atom. The highest BCUT2D eigenvalue weighted by Gasteiger charge is 2.74. The monoisotopic (exact) mass is 868 g/mol. The summed E-state index contributed by atoms with van der Waals surface area (Å²) in [6, 6.07) is 0. The number of rotatable bonds is 13. The molecular formula is C40H68O18S. The van der Waals surface area contributed by atoms with Crippen LogP contribution in [0.4, 0.5) is 0 Å². The van der Waals surface area contributed by atoms with E-state index in [4.69, 9.17) is 27.9 Å². The maximum absolute atomic E-state index is 12.8. The molecule has 6 rings (SSSR count). The topological polar surface area (TPSA) is 292 Å². The van der Waals surface area contributed by atoms with Crippen molar-refractivity contribution in [3.8, 4) is 0 Å². The molecule has 4 saturated carbocycles. The fraction of sp³-hybridized carbons (Fsp3) is 0.950. The van der Waals surface area contributed by atoms with E-state index in [0.29, 0.717) is 25.7 Å². The van der Waals surface area contributed by atoms with Crippen LogP contribution < -0.4 is 0 Å². The van der Waals surface area contributed by atoms with Gasteiger partial charge in [-0.3, -0.25) is 4.55 Å². The van der Waals surface area contributed by atoms with Crippen LogP contribution >= 0.6 is 0 Å². The molecule has 0 radical (unpaired) electrons. The van der Waals surface area contributed by atoms with Gasteiger partial charge in [-0.1, -0.05) is 46.8 Å². The van der Waals surface area contributed by atoms with Crippen molar-refractivity contribution in [2.45, 2.75) is 158 Å². The molecule has 6 fully saturated rings. The molecule has 0 bridgehead atoms. The fourth-order valence-electron chi connectivity index (χ4n) is 12.5. The lowest BCUT2D eigenvalue weighted by Gasteiger charge is -2.66. The highest BCUT2D eigenvalue weighted by Crippen LogP contribution is 2.70. The van der Waals surface area contributed by atoms with E-state index in [9.17, 15) is 58.9 Å². The van der Waals surface area contributed by atoms with Crippen LogP contribution in [-0.2, 0) is 38.3 Å². The second kappa shape index (κ2) is 17.9. The van der Waals surface area contributed by atoms with E-state index in [2.05, 4.69) is 0 Å². The summed E-state index contributed by atoms with van der Waals surface area (Å²) in [4.78, 5) is 0. The summed E-state index contributed by atoms with van der Waals surface area (Å²) >= 11 is 0. The molecule has 0 aromatic rings. The van der Waals surface area contributed by atoms with E-state index in [1.807, 2.05) is 46.8 Å². The molecule has 342 valence electrons. The lowest BCUT2D eigenvalue weighted by molar-refractivity contribution is -0.345. The molecule has 0 amide bonds. The van der Waals surface area contributed by atoms with Crippen LogP contribution in [0.25, 0.3) is 0 Å². The molecule has 2 aliphatic heterocycles. The maximum atomic E-state index is 12.8. The average molecular weight is 869 g/mol. The summed E-state index contributed by atoms with van der Waals surface area (Å²) in [6.07, 6.45) is -10.8. The Labute approximate surface area is 346 Å². The van der Waals surface area contributed by atoms with Crippen molar-refractivity contribution in [3.05, 3.63) is 12.2 Å². The Morgan fingerprint density at radius 1 is 0.780 bits per heavy atom. The minimum atomic E-state index is -5.04. The van der Waals surface area contributed by atoms with Crippen molar-refractivity contribution >= 4 is 10.4 Å². The van der Waals surface area contributed by atoms with Crippen LogP contribution in [0, 0.1) is 52.3 Å². The van der Waals surface area contributed by atoms with Crippen molar-refractivity contribution in [1.29, 1.82) is 0 Å². The first kappa shape index (κ1) is 47.5. The largest absolute Gasteiger partial charge is 0.397 e. The van der Waals surface area contributed by atoms with Crippen LogP contribution in [0.1, 0.15) is 73.1 Å². The van der Waals surface area contributed by atoms with Gasteiger partial charge in [-0.2, -0.15) is 8.42 Å². The molecule has 6 aliphatic rings. The zero-order valence-corrected chi connectivity index (χ0v) is 35.5. The SMILES string of the molecule is COC1C(OC2C(OCC[C@@H](/C=C/[C@@H](C)[C@H]3[C@@H](O)C(O)C4[C@]5(O)CC(OS(=O)(=O)O)C6[C@@H](O)[C@@H](O)CC[C@]6(C)C5CC[C@@]43C)C(C)C)OCC(O)C2O)OCC(O)C1O. The van der Waals surface area contributed by atoms with Crippen molar-refractivity contribution < 1.29 is 86.8 Å². The number of methoxy groups -OCH3 is 1. The Bertz CT molecular complexity index is 1570. The van der Waals surface area contributed by atoms with E-state index in [1.165, 1.54) is 7.11 Å². The molecule has 10 N–H and O–H groups in total. The molecule has 4 aliphatic carbocycles. The van der Waals surface area contributed by atoms with E-state index in [1.54, 1.807) is 0 Å². The lowest BCUT2D eigenvalue weighted by Crippen LogP contribution is -2.71. The van der Waals surface area contributed by atoms with Crippen LogP contribution in [0.3, 0.4) is 0 Å². The number of hydrogen-bond acceptors (Lipinski definition) is 17. The van der Waals surface area contributed by atoms with Crippen LogP contribution in [0.15, 0.2) is 12.2 Å². The number of allylic oxidation sites excluding steroid dienone is 2. The molecule has 18 nitrogen and oxygen atoms in total. The van der Waals surface area contributed by atoms with E-state index in [-0.39, 0.29) is 50.4 Å². The predicted octanol–water partition coefficient (Wildman–Crippen LogP) is -0.741. The van der Waals surface area contributed by atoms with Gasteiger partial charge >= 0.3 is 10.4 Å². The average Bonchev–Trinajstić information content (AvgIpc) is 3.35. The third kappa shape index (κ3) is 8.81. The Morgan fingerprint density at radius 3 is 2.00 bits per heavy atom. The number of hydrogen-bond donors (Lipinski definition) is 10. The number of fused-ring (bicyclic) bond motifs is 5. The van der Waals surface area contributed by atoms with Crippen molar-refractivity contribution in [2.75, 3.05) is 26.9 Å². The highest BCUT2D eigenvalue weighted by atomic mass is 32.3. The standard InChI is InChI=1S/C40H68O18S/c1-18(2)20(11-14-54-36-34(30(46)23(43)16-55-36)57-37-33(53-6)29(45)22(42)17-56-37)8-7-19(3)26-31(47)32(48)35-39(26,5)13-10-25-38(4)12-9-21(41)28(44)27(38)24(15-40(25,35)49)58-59(50,51)52/h7-8,18-37,41-49H,9-17H2,1-6H3,(H,50,51,52)/b8-7+/t19-,20-,21+,22?,23?,24?,25?,26+,27?,28+,29?,30?,31-,32?,33?,34?,35?,36?,37?,38-,39-,40+/m1/s1. The molecule has 13 unspecified atom stereocenters. The van der Waals surface area contributed by atoms with Gasteiger partial charge in [0.2, 0.25) is 0 Å². The van der Waals surface area contributed by atoms with Crippen molar-refractivity contribution in [3.63, 3.8) is 0 Å². The molecule has 0 aromatic heterocycles. The number of ether oxygens (including phenoxy) is 5. The normalized spacial score (nSPS) is 50.3. The summed E-state index contributed by atoms with van der Waals surface area (Å²) in [5.41, 5.74) is -3.52. The summed E-state index contributed by atoms with van der Waals surface area (Å²) in [5, 5.41) is 99.9. The molecule has 2 heterocycles. The molecule has 22 atom stereocenters. The summed E-state index contributed by atoms with van der Waals surface area (Å²) in [6.45, 7) is 9.47. The van der Waals surface area contributed by atoms with Crippen LogP contribution in [0.2, 0.25) is 0 Å². The number of aliphatic hydroxyl groups excluding tert-OH is 8. The molecule has 59 heavy (non-hydrogen) atoms. The molecule has 19 heteroatoms. The van der Waals surface area contributed by atoms with E-state index in [0.717, 1.165) is 0 Å². The van der Waals surface area contributed by atoms with E-state index >= 15 is 0 Å². The third-order valence-corrected chi connectivity index (χ3v) is 15.8. The van der Waals surface area contributed by atoms with Crippen molar-refractivity contribution in [1.82, 2.24) is 0 Å². The molecule has 0 spiro atoms. The van der Waals surface area contributed by atoms with Crippen molar-refractivity contribution in [2.24, 2.45) is 52.3 Å².